The van der Waals surface area contributed by atoms with Crippen molar-refractivity contribution in [2.24, 2.45) is 0 Å². The quantitative estimate of drug-likeness (QED) is 0.512. The molecular formula is C12H9N. The second-order valence-electron chi connectivity index (χ2n) is 3.39. The molecule has 62 valence electrons. The summed E-state index contributed by atoms with van der Waals surface area (Å²) in [5.41, 5.74) is 9.17. The molecule has 3 rings (SSSR count). The van der Waals surface area contributed by atoms with Gasteiger partial charge in [-0.1, -0.05) is 30.4 Å². The molecule has 1 heteroatoms. The van der Waals surface area contributed by atoms with E-state index >= 15 is 0 Å². The maximum atomic E-state index is 5.79. The van der Waals surface area contributed by atoms with Crippen LogP contribution >= 0.6 is 0 Å². The third-order valence-electron chi connectivity index (χ3n) is 2.50. The molecule has 0 atom stereocenters. The van der Waals surface area contributed by atoms with E-state index in [9.17, 15) is 0 Å². The van der Waals surface area contributed by atoms with E-state index in [4.69, 9.17) is 5.73 Å². The molecule has 2 N–H and O–H groups in total. The summed E-state index contributed by atoms with van der Waals surface area (Å²) in [6.45, 7) is 0. The van der Waals surface area contributed by atoms with Gasteiger partial charge in [0.2, 0.25) is 0 Å². The first-order valence-electron chi connectivity index (χ1n) is 4.35. The Morgan fingerprint density at radius 2 is 1.77 bits per heavy atom. The molecule has 0 saturated carbocycles. The Morgan fingerprint density at radius 3 is 2.69 bits per heavy atom. The van der Waals surface area contributed by atoms with Crippen LogP contribution < -0.4 is 5.73 Å². The molecule has 1 aliphatic carbocycles. The average Bonchev–Trinajstić information content (AvgIpc) is 2.50. The fraction of sp³-hybridized carbons (Fsp3) is 0. The molecule has 2 aromatic rings. The third-order valence-corrected chi connectivity index (χ3v) is 2.50. The van der Waals surface area contributed by atoms with Crippen molar-refractivity contribution in [1.29, 1.82) is 0 Å². The van der Waals surface area contributed by atoms with Gasteiger partial charge in [0.1, 0.15) is 0 Å². The van der Waals surface area contributed by atoms with Crippen molar-refractivity contribution < 1.29 is 0 Å². The molecule has 1 nitrogen and oxygen atoms in total. The first-order valence-corrected chi connectivity index (χ1v) is 4.35. The predicted octanol–water partition coefficient (Wildman–Crippen LogP) is 2.91. The fourth-order valence-corrected chi connectivity index (χ4v) is 1.97. The van der Waals surface area contributed by atoms with Gasteiger partial charge < -0.3 is 5.73 Å². The minimum atomic E-state index is 0.839. The van der Waals surface area contributed by atoms with Crippen molar-refractivity contribution in [1.82, 2.24) is 0 Å². The van der Waals surface area contributed by atoms with Gasteiger partial charge in [-0.05, 0) is 34.0 Å². The number of nitrogen functional groups attached to an aromatic ring is 1. The SMILES string of the molecule is Nc1cc2c3c(cccc3c1)C=C2. The van der Waals surface area contributed by atoms with Crippen LogP contribution in [0.3, 0.4) is 0 Å². The Labute approximate surface area is 76.5 Å². The highest BCUT2D eigenvalue weighted by Crippen LogP contribution is 2.32. The first kappa shape index (κ1) is 6.72. The normalized spacial score (nSPS) is 12.6. The number of hydrogen-bond donors (Lipinski definition) is 1. The van der Waals surface area contributed by atoms with E-state index in [1.54, 1.807) is 0 Å². The van der Waals surface area contributed by atoms with Gasteiger partial charge in [-0.25, -0.2) is 0 Å². The lowest BCUT2D eigenvalue weighted by Gasteiger charge is -2.02. The summed E-state index contributed by atoms with van der Waals surface area (Å²) in [4.78, 5) is 0. The minimum Gasteiger partial charge on any atom is -0.399 e. The molecule has 0 saturated heterocycles. The van der Waals surface area contributed by atoms with Crippen molar-refractivity contribution in [3.63, 3.8) is 0 Å². The highest BCUT2D eigenvalue weighted by atomic mass is 14.5. The molecular weight excluding hydrogens is 158 g/mol. The van der Waals surface area contributed by atoms with Crippen LogP contribution in [0.4, 0.5) is 5.69 Å². The summed E-state index contributed by atoms with van der Waals surface area (Å²) in [7, 11) is 0. The van der Waals surface area contributed by atoms with E-state index in [-0.39, 0.29) is 0 Å². The lowest BCUT2D eigenvalue weighted by molar-refractivity contribution is 1.70. The highest BCUT2D eigenvalue weighted by Gasteiger charge is 2.08. The van der Waals surface area contributed by atoms with E-state index in [2.05, 4.69) is 30.4 Å². The topological polar surface area (TPSA) is 26.0 Å². The van der Waals surface area contributed by atoms with Crippen LogP contribution in [0, 0.1) is 0 Å². The maximum absolute atomic E-state index is 5.79. The van der Waals surface area contributed by atoms with Crippen LogP contribution in [-0.4, -0.2) is 0 Å². The van der Waals surface area contributed by atoms with Crippen LogP contribution in [0.2, 0.25) is 0 Å². The Balaban J connectivity index is 2.59. The summed E-state index contributed by atoms with van der Waals surface area (Å²) < 4.78 is 0. The van der Waals surface area contributed by atoms with Gasteiger partial charge in [0.25, 0.3) is 0 Å². The summed E-state index contributed by atoms with van der Waals surface area (Å²) >= 11 is 0. The molecule has 0 unspecified atom stereocenters. The first-order chi connectivity index (χ1) is 6.34. The van der Waals surface area contributed by atoms with Gasteiger partial charge in [-0.2, -0.15) is 0 Å². The van der Waals surface area contributed by atoms with Crippen molar-refractivity contribution in [2.45, 2.75) is 0 Å². The Morgan fingerprint density at radius 1 is 0.923 bits per heavy atom. The Hall–Kier alpha value is -1.76. The second-order valence-corrected chi connectivity index (χ2v) is 3.39. The highest BCUT2D eigenvalue weighted by molar-refractivity contribution is 6.06. The van der Waals surface area contributed by atoms with E-state index in [1.165, 1.54) is 21.9 Å². The summed E-state index contributed by atoms with van der Waals surface area (Å²) in [6.07, 6.45) is 4.26. The monoisotopic (exact) mass is 167 g/mol. The minimum absolute atomic E-state index is 0.839. The summed E-state index contributed by atoms with van der Waals surface area (Å²) in [5, 5.41) is 2.56. The average molecular weight is 167 g/mol. The van der Waals surface area contributed by atoms with E-state index in [1.807, 2.05) is 12.1 Å². The van der Waals surface area contributed by atoms with Gasteiger partial charge >= 0.3 is 0 Å². The molecule has 2 aromatic carbocycles. The van der Waals surface area contributed by atoms with Gasteiger partial charge in [0.05, 0.1) is 0 Å². The molecule has 0 spiro atoms. The standard InChI is InChI=1S/C12H9N/c13-11-6-9-3-1-2-8-4-5-10(7-11)12(8)9/h1-7H,13H2. The van der Waals surface area contributed by atoms with Gasteiger partial charge in [0, 0.05) is 5.69 Å². The molecule has 0 heterocycles. The summed E-state index contributed by atoms with van der Waals surface area (Å²) in [6, 6.07) is 10.3. The zero-order valence-corrected chi connectivity index (χ0v) is 7.12. The van der Waals surface area contributed by atoms with Crippen molar-refractivity contribution in [3.8, 4) is 0 Å². The molecule has 1 aliphatic rings. The van der Waals surface area contributed by atoms with Crippen molar-refractivity contribution in [3.05, 3.63) is 41.5 Å². The predicted molar refractivity (Wildman–Crippen MR) is 57.3 cm³/mol. The van der Waals surface area contributed by atoms with Crippen molar-refractivity contribution >= 4 is 28.6 Å². The van der Waals surface area contributed by atoms with E-state index in [0.717, 1.165) is 5.69 Å². The number of rotatable bonds is 0. The Bertz CT molecular complexity index is 524. The molecule has 0 bridgehead atoms. The molecule has 0 amide bonds. The number of hydrogen-bond acceptors (Lipinski definition) is 1. The van der Waals surface area contributed by atoms with Gasteiger partial charge in [-0.3, -0.25) is 0 Å². The zero-order chi connectivity index (χ0) is 8.84. The smallest absolute Gasteiger partial charge is 0.0326 e. The summed E-state index contributed by atoms with van der Waals surface area (Å²) in [5.74, 6) is 0. The number of anilines is 1. The van der Waals surface area contributed by atoms with Crippen LogP contribution in [0.25, 0.3) is 22.9 Å². The lowest BCUT2D eigenvalue weighted by Crippen LogP contribution is -1.86. The fourth-order valence-electron chi connectivity index (χ4n) is 1.97. The van der Waals surface area contributed by atoms with E-state index < -0.39 is 0 Å². The van der Waals surface area contributed by atoms with Gasteiger partial charge in [0.15, 0.2) is 0 Å². The van der Waals surface area contributed by atoms with Crippen molar-refractivity contribution in [2.75, 3.05) is 5.73 Å². The molecule has 0 fully saturated rings. The largest absolute Gasteiger partial charge is 0.399 e. The third kappa shape index (κ3) is 0.813. The van der Waals surface area contributed by atoms with Crippen LogP contribution in [-0.2, 0) is 0 Å². The van der Waals surface area contributed by atoms with E-state index in [0.29, 0.717) is 0 Å². The lowest BCUT2D eigenvalue weighted by atomic mass is 10.0. The van der Waals surface area contributed by atoms with Crippen LogP contribution in [0.5, 0.6) is 0 Å². The second kappa shape index (κ2) is 2.13. The maximum Gasteiger partial charge on any atom is 0.0326 e. The molecule has 0 radical (unpaired) electrons. The van der Waals surface area contributed by atoms with Gasteiger partial charge in [-0.15, -0.1) is 0 Å². The van der Waals surface area contributed by atoms with Crippen LogP contribution in [0.15, 0.2) is 30.3 Å². The number of nitrogens with two attached hydrogens (primary N) is 1. The molecule has 0 aromatic heterocycles. The van der Waals surface area contributed by atoms with Crippen LogP contribution in [0.1, 0.15) is 11.1 Å². The molecule has 0 aliphatic heterocycles. The number of benzene rings is 2. The molecule has 13 heavy (non-hydrogen) atoms. The Kier molecular flexibility index (Phi) is 1.10. The zero-order valence-electron chi connectivity index (χ0n) is 7.12.